The van der Waals surface area contributed by atoms with Gasteiger partial charge < -0.3 is 5.73 Å². The van der Waals surface area contributed by atoms with Crippen LogP contribution in [0.15, 0.2) is 67.0 Å². The maximum Gasteiger partial charge on any atom is 0.179 e. The van der Waals surface area contributed by atoms with Crippen molar-refractivity contribution in [2.75, 3.05) is 5.73 Å². The first-order valence-electron chi connectivity index (χ1n) is 8.02. The molecular weight excluding hydrogens is 331 g/mol. The number of nitrogens with zero attached hydrogens (tertiary/aromatic N) is 5. The Morgan fingerprint density at radius 1 is 0.923 bits per heavy atom. The van der Waals surface area contributed by atoms with E-state index in [9.17, 15) is 4.39 Å². The minimum absolute atomic E-state index is 0.243. The molecule has 0 atom stereocenters. The maximum atomic E-state index is 14.1. The molecule has 0 bridgehead atoms. The zero-order chi connectivity index (χ0) is 17.9. The largest absolute Gasteiger partial charge is 0.384 e. The van der Waals surface area contributed by atoms with Crippen LogP contribution in [-0.2, 0) is 6.54 Å². The lowest BCUT2D eigenvalue weighted by atomic mass is 10.2. The van der Waals surface area contributed by atoms with Crippen LogP contribution in [0.25, 0.3) is 22.9 Å². The van der Waals surface area contributed by atoms with E-state index in [2.05, 4.69) is 20.1 Å². The molecular formula is C19H15FN6. The minimum atomic E-state index is -0.290. The molecule has 0 radical (unpaired) electrons. The van der Waals surface area contributed by atoms with Gasteiger partial charge in [0.2, 0.25) is 0 Å². The lowest BCUT2D eigenvalue weighted by Gasteiger charge is -2.07. The van der Waals surface area contributed by atoms with Crippen LogP contribution in [0.4, 0.5) is 10.2 Å². The van der Waals surface area contributed by atoms with Crippen LogP contribution in [0.1, 0.15) is 5.56 Å². The molecule has 26 heavy (non-hydrogen) atoms. The highest BCUT2D eigenvalue weighted by Gasteiger charge is 2.16. The van der Waals surface area contributed by atoms with Crippen molar-refractivity contribution in [2.45, 2.75) is 6.54 Å². The Hall–Kier alpha value is -3.61. The highest BCUT2D eigenvalue weighted by molar-refractivity contribution is 5.63. The first-order valence-corrected chi connectivity index (χ1v) is 8.02. The second-order valence-electron chi connectivity index (χ2n) is 5.68. The summed E-state index contributed by atoms with van der Waals surface area (Å²) < 4.78 is 15.8. The fraction of sp³-hybridized carbons (Fsp3) is 0.0526. The summed E-state index contributed by atoms with van der Waals surface area (Å²) in [5.41, 5.74) is 8.32. The van der Waals surface area contributed by atoms with Gasteiger partial charge in [0, 0.05) is 18.0 Å². The Labute approximate surface area is 149 Å². The average Bonchev–Trinajstić information content (AvgIpc) is 3.08. The number of hydrogen-bond acceptors (Lipinski definition) is 5. The molecule has 3 aromatic heterocycles. The third-order valence-electron chi connectivity index (χ3n) is 3.89. The van der Waals surface area contributed by atoms with Gasteiger partial charge in [-0.1, -0.05) is 24.3 Å². The van der Waals surface area contributed by atoms with E-state index in [0.717, 1.165) is 0 Å². The number of nitrogens with two attached hydrogens (primary N) is 1. The van der Waals surface area contributed by atoms with Crippen LogP contribution < -0.4 is 5.73 Å². The van der Waals surface area contributed by atoms with E-state index in [0.29, 0.717) is 34.3 Å². The Morgan fingerprint density at radius 2 is 1.77 bits per heavy atom. The summed E-state index contributed by atoms with van der Waals surface area (Å²) in [6.07, 6.45) is 3.28. The van der Waals surface area contributed by atoms with Gasteiger partial charge in [-0.2, -0.15) is 5.10 Å². The SMILES string of the molecule is Nc1ccnc(-c2cc(-c3ccccn3)nn2Cc2ccccc2F)n1. The highest BCUT2D eigenvalue weighted by atomic mass is 19.1. The van der Waals surface area contributed by atoms with E-state index in [1.807, 2.05) is 24.3 Å². The van der Waals surface area contributed by atoms with Crippen molar-refractivity contribution in [1.29, 1.82) is 0 Å². The summed E-state index contributed by atoms with van der Waals surface area (Å²) in [5, 5.41) is 4.59. The highest BCUT2D eigenvalue weighted by Crippen LogP contribution is 2.24. The van der Waals surface area contributed by atoms with E-state index < -0.39 is 0 Å². The fourth-order valence-electron chi connectivity index (χ4n) is 2.64. The van der Waals surface area contributed by atoms with Gasteiger partial charge in [0.05, 0.1) is 12.2 Å². The van der Waals surface area contributed by atoms with Gasteiger partial charge in [0.1, 0.15) is 23.0 Å². The Balaban J connectivity index is 1.83. The molecule has 1 aromatic carbocycles. The second-order valence-corrected chi connectivity index (χ2v) is 5.68. The van der Waals surface area contributed by atoms with Crippen molar-refractivity contribution in [3.63, 3.8) is 0 Å². The molecule has 0 spiro atoms. The van der Waals surface area contributed by atoms with Gasteiger partial charge in [-0.3, -0.25) is 9.67 Å². The normalized spacial score (nSPS) is 10.8. The number of halogens is 1. The van der Waals surface area contributed by atoms with Gasteiger partial charge in [-0.05, 0) is 30.3 Å². The van der Waals surface area contributed by atoms with Gasteiger partial charge in [0.25, 0.3) is 0 Å². The molecule has 6 nitrogen and oxygen atoms in total. The van der Waals surface area contributed by atoms with Crippen LogP contribution >= 0.6 is 0 Å². The fourth-order valence-corrected chi connectivity index (χ4v) is 2.64. The third kappa shape index (κ3) is 3.14. The van der Waals surface area contributed by atoms with Gasteiger partial charge >= 0.3 is 0 Å². The zero-order valence-electron chi connectivity index (χ0n) is 13.7. The Kier molecular flexibility index (Phi) is 4.10. The van der Waals surface area contributed by atoms with Gasteiger partial charge in [0.15, 0.2) is 5.82 Å². The van der Waals surface area contributed by atoms with E-state index >= 15 is 0 Å². The minimum Gasteiger partial charge on any atom is -0.384 e. The molecule has 0 aliphatic carbocycles. The summed E-state index contributed by atoms with van der Waals surface area (Å²) in [7, 11) is 0. The molecule has 0 amide bonds. The summed E-state index contributed by atoms with van der Waals surface area (Å²) >= 11 is 0. The number of nitrogen functional groups attached to an aromatic ring is 1. The number of anilines is 1. The smallest absolute Gasteiger partial charge is 0.179 e. The lowest BCUT2D eigenvalue weighted by molar-refractivity contribution is 0.587. The van der Waals surface area contributed by atoms with Crippen molar-refractivity contribution in [1.82, 2.24) is 24.7 Å². The monoisotopic (exact) mass is 346 g/mol. The molecule has 0 aliphatic rings. The summed E-state index contributed by atoms with van der Waals surface area (Å²) in [6, 6.07) is 15.6. The number of rotatable bonds is 4. The van der Waals surface area contributed by atoms with E-state index in [1.54, 1.807) is 41.3 Å². The first-order chi connectivity index (χ1) is 12.7. The molecule has 0 unspecified atom stereocenters. The Morgan fingerprint density at radius 3 is 2.54 bits per heavy atom. The van der Waals surface area contributed by atoms with Crippen LogP contribution in [-0.4, -0.2) is 24.7 Å². The van der Waals surface area contributed by atoms with Crippen LogP contribution in [0.2, 0.25) is 0 Å². The maximum absolute atomic E-state index is 14.1. The molecule has 4 rings (SSSR count). The predicted molar refractivity (Wildman–Crippen MR) is 96.4 cm³/mol. The van der Waals surface area contributed by atoms with Gasteiger partial charge in [-0.25, -0.2) is 14.4 Å². The van der Waals surface area contributed by atoms with Gasteiger partial charge in [-0.15, -0.1) is 0 Å². The molecule has 2 N–H and O–H groups in total. The summed E-state index contributed by atoms with van der Waals surface area (Å²) in [4.78, 5) is 12.9. The van der Waals surface area contributed by atoms with Crippen molar-refractivity contribution >= 4 is 5.82 Å². The van der Waals surface area contributed by atoms with E-state index in [4.69, 9.17) is 5.73 Å². The molecule has 0 saturated carbocycles. The van der Waals surface area contributed by atoms with Crippen LogP contribution in [0.3, 0.4) is 0 Å². The number of aromatic nitrogens is 5. The topological polar surface area (TPSA) is 82.5 Å². The van der Waals surface area contributed by atoms with Crippen molar-refractivity contribution in [2.24, 2.45) is 0 Å². The van der Waals surface area contributed by atoms with E-state index in [1.165, 1.54) is 6.07 Å². The van der Waals surface area contributed by atoms with Crippen molar-refractivity contribution in [3.8, 4) is 22.9 Å². The number of benzene rings is 1. The molecule has 4 aromatic rings. The molecule has 0 fully saturated rings. The molecule has 3 heterocycles. The molecule has 0 saturated heterocycles. The molecule has 7 heteroatoms. The Bertz CT molecular complexity index is 1040. The standard InChI is InChI=1S/C19H15FN6/c20-14-6-2-1-5-13(14)12-26-17(19-23-10-8-18(21)24-19)11-16(25-26)15-7-3-4-9-22-15/h1-11H,12H2,(H2,21,23,24). The first kappa shape index (κ1) is 15.9. The zero-order valence-corrected chi connectivity index (χ0v) is 13.7. The number of hydrogen-bond donors (Lipinski definition) is 1. The van der Waals surface area contributed by atoms with Crippen LogP contribution in [0, 0.1) is 5.82 Å². The summed E-state index contributed by atoms with van der Waals surface area (Å²) in [6.45, 7) is 0.243. The molecule has 128 valence electrons. The average molecular weight is 346 g/mol. The second kappa shape index (κ2) is 6.72. The molecule has 0 aliphatic heterocycles. The van der Waals surface area contributed by atoms with Crippen molar-refractivity contribution < 1.29 is 4.39 Å². The lowest BCUT2D eigenvalue weighted by Crippen LogP contribution is -2.07. The number of pyridine rings is 1. The quantitative estimate of drug-likeness (QED) is 0.614. The van der Waals surface area contributed by atoms with Crippen LogP contribution in [0.5, 0.6) is 0 Å². The predicted octanol–water partition coefficient (Wildman–Crippen LogP) is 3.17. The van der Waals surface area contributed by atoms with Crippen molar-refractivity contribution in [3.05, 3.63) is 78.4 Å². The third-order valence-corrected chi connectivity index (χ3v) is 3.89. The van der Waals surface area contributed by atoms with E-state index in [-0.39, 0.29) is 12.4 Å². The summed E-state index contributed by atoms with van der Waals surface area (Å²) in [5.74, 6) is 0.492.